The average molecular weight is 247 g/mol. The maximum atomic E-state index is 3.47. The van der Waals surface area contributed by atoms with Gasteiger partial charge in [0, 0.05) is 6.04 Å². The lowest BCUT2D eigenvalue weighted by Gasteiger charge is -2.22. The molecule has 0 saturated heterocycles. The first-order valence-corrected chi connectivity index (χ1v) is 7.24. The molecule has 1 heteroatoms. The number of aryl methyl sites for hydroxylation is 1. The second-order valence-corrected chi connectivity index (χ2v) is 6.15. The summed E-state index contributed by atoms with van der Waals surface area (Å²) in [5, 5.41) is 3.47. The predicted molar refractivity (Wildman–Crippen MR) is 81.0 cm³/mol. The molecule has 102 valence electrons. The molecule has 0 heterocycles. The van der Waals surface area contributed by atoms with Gasteiger partial charge in [0.15, 0.2) is 0 Å². The fraction of sp³-hybridized carbons (Fsp3) is 0.647. The number of hydrogen-bond acceptors (Lipinski definition) is 1. The number of nitrogens with one attached hydrogen (secondary N) is 1. The molecule has 0 radical (unpaired) electrons. The summed E-state index contributed by atoms with van der Waals surface area (Å²) in [6.45, 7) is 9.16. The summed E-state index contributed by atoms with van der Waals surface area (Å²) in [6, 6.07) is 9.47. The minimum absolute atomic E-state index is 0.598. The Kier molecular flexibility index (Phi) is 6.42. The Balaban J connectivity index is 2.51. The van der Waals surface area contributed by atoms with Crippen molar-refractivity contribution in [2.24, 2.45) is 11.8 Å². The summed E-state index contributed by atoms with van der Waals surface area (Å²) in [4.78, 5) is 0. The van der Waals surface area contributed by atoms with E-state index in [1.807, 2.05) is 0 Å². The highest BCUT2D eigenvalue weighted by molar-refractivity contribution is 5.22. The fourth-order valence-corrected chi connectivity index (χ4v) is 2.81. The molecule has 1 aromatic carbocycles. The van der Waals surface area contributed by atoms with Crippen LogP contribution in [0, 0.1) is 18.8 Å². The van der Waals surface area contributed by atoms with E-state index in [2.05, 4.69) is 64.3 Å². The van der Waals surface area contributed by atoms with E-state index >= 15 is 0 Å². The van der Waals surface area contributed by atoms with Crippen LogP contribution in [0.5, 0.6) is 0 Å². The lowest BCUT2D eigenvalue weighted by molar-refractivity contribution is 0.361. The van der Waals surface area contributed by atoms with E-state index in [9.17, 15) is 0 Å². The van der Waals surface area contributed by atoms with Crippen LogP contribution in [0.2, 0.25) is 0 Å². The fourth-order valence-electron chi connectivity index (χ4n) is 2.81. The maximum Gasteiger partial charge on any atom is 0.0107 e. The Bertz CT molecular complexity index is 343. The van der Waals surface area contributed by atoms with Crippen LogP contribution in [0.4, 0.5) is 0 Å². The van der Waals surface area contributed by atoms with Gasteiger partial charge in [-0.25, -0.2) is 0 Å². The van der Waals surface area contributed by atoms with Crippen LogP contribution in [-0.2, 0) is 6.42 Å². The summed E-state index contributed by atoms with van der Waals surface area (Å²) >= 11 is 0. The molecule has 1 nitrogen and oxygen atoms in total. The first-order chi connectivity index (χ1) is 8.51. The zero-order valence-corrected chi connectivity index (χ0v) is 12.7. The number of benzene rings is 1. The van der Waals surface area contributed by atoms with Gasteiger partial charge in [-0.2, -0.15) is 0 Å². The van der Waals surface area contributed by atoms with Crippen LogP contribution in [0.1, 0.15) is 44.7 Å². The normalized spacial score (nSPS) is 14.8. The molecule has 18 heavy (non-hydrogen) atoms. The first-order valence-electron chi connectivity index (χ1n) is 7.24. The van der Waals surface area contributed by atoms with Gasteiger partial charge in [-0.3, -0.25) is 0 Å². The van der Waals surface area contributed by atoms with Crippen molar-refractivity contribution in [3.8, 4) is 0 Å². The molecule has 2 unspecified atom stereocenters. The first kappa shape index (κ1) is 15.2. The molecule has 0 aliphatic carbocycles. The second-order valence-electron chi connectivity index (χ2n) is 6.15. The third kappa shape index (κ3) is 5.68. The van der Waals surface area contributed by atoms with Crippen molar-refractivity contribution in [2.75, 3.05) is 7.05 Å². The number of rotatable bonds is 7. The third-order valence-electron chi connectivity index (χ3n) is 3.53. The van der Waals surface area contributed by atoms with Crippen molar-refractivity contribution in [3.05, 3.63) is 35.4 Å². The van der Waals surface area contributed by atoms with Crippen LogP contribution in [0.15, 0.2) is 24.3 Å². The van der Waals surface area contributed by atoms with Gasteiger partial charge in [-0.05, 0) is 50.6 Å². The lowest BCUT2D eigenvalue weighted by atomic mass is 9.90. The lowest BCUT2D eigenvalue weighted by Crippen LogP contribution is -2.29. The highest BCUT2D eigenvalue weighted by Crippen LogP contribution is 2.18. The molecule has 0 saturated carbocycles. The molecule has 1 aromatic rings. The van der Waals surface area contributed by atoms with E-state index in [1.165, 1.54) is 24.0 Å². The van der Waals surface area contributed by atoms with Gasteiger partial charge in [-0.1, -0.05) is 50.6 Å². The minimum Gasteiger partial charge on any atom is -0.317 e. The molecule has 0 aliphatic heterocycles. The highest BCUT2D eigenvalue weighted by Gasteiger charge is 2.13. The van der Waals surface area contributed by atoms with Crippen LogP contribution < -0.4 is 5.32 Å². The highest BCUT2D eigenvalue weighted by atomic mass is 14.9. The Morgan fingerprint density at radius 3 is 2.39 bits per heavy atom. The van der Waals surface area contributed by atoms with Crippen LogP contribution in [0.25, 0.3) is 0 Å². The molecular formula is C17H29N. The molecule has 0 amide bonds. The summed E-state index contributed by atoms with van der Waals surface area (Å²) < 4.78 is 0. The zero-order chi connectivity index (χ0) is 13.5. The molecule has 0 spiro atoms. The smallest absolute Gasteiger partial charge is 0.0107 e. The summed E-state index contributed by atoms with van der Waals surface area (Å²) in [6.07, 6.45) is 3.73. The standard InChI is InChI=1S/C17H29N/c1-13(2)9-15(4)11-17(18-5)12-16-8-6-7-14(3)10-16/h6-8,10,13,15,17-18H,9,11-12H2,1-5H3. The maximum absolute atomic E-state index is 3.47. The van der Waals surface area contributed by atoms with E-state index in [0.29, 0.717) is 6.04 Å². The van der Waals surface area contributed by atoms with Gasteiger partial charge in [0.25, 0.3) is 0 Å². The van der Waals surface area contributed by atoms with Gasteiger partial charge >= 0.3 is 0 Å². The van der Waals surface area contributed by atoms with Crippen molar-refractivity contribution in [3.63, 3.8) is 0 Å². The van der Waals surface area contributed by atoms with Gasteiger partial charge in [-0.15, -0.1) is 0 Å². The zero-order valence-electron chi connectivity index (χ0n) is 12.7. The topological polar surface area (TPSA) is 12.0 Å². The van der Waals surface area contributed by atoms with E-state index in [-0.39, 0.29) is 0 Å². The molecule has 2 atom stereocenters. The third-order valence-corrected chi connectivity index (χ3v) is 3.53. The van der Waals surface area contributed by atoms with Crippen molar-refractivity contribution in [1.82, 2.24) is 5.32 Å². The predicted octanol–water partition coefficient (Wildman–Crippen LogP) is 4.20. The van der Waals surface area contributed by atoms with Gasteiger partial charge in [0.05, 0.1) is 0 Å². The van der Waals surface area contributed by atoms with Crippen LogP contribution >= 0.6 is 0 Å². The van der Waals surface area contributed by atoms with Crippen molar-refractivity contribution >= 4 is 0 Å². The number of hydrogen-bond donors (Lipinski definition) is 1. The molecule has 0 bridgehead atoms. The van der Waals surface area contributed by atoms with E-state index in [4.69, 9.17) is 0 Å². The molecule has 1 rings (SSSR count). The summed E-state index contributed by atoms with van der Waals surface area (Å²) in [7, 11) is 2.09. The average Bonchev–Trinajstić information content (AvgIpc) is 2.27. The van der Waals surface area contributed by atoms with Crippen molar-refractivity contribution in [1.29, 1.82) is 0 Å². The van der Waals surface area contributed by atoms with Crippen LogP contribution in [0.3, 0.4) is 0 Å². The Hall–Kier alpha value is -0.820. The second kappa shape index (κ2) is 7.58. The van der Waals surface area contributed by atoms with Gasteiger partial charge in [0.2, 0.25) is 0 Å². The molecular weight excluding hydrogens is 218 g/mol. The number of likely N-dealkylation sites (N-methyl/N-ethyl adjacent to an activating group) is 1. The molecule has 0 aliphatic rings. The Labute approximate surface area is 113 Å². The van der Waals surface area contributed by atoms with Crippen molar-refractivity contribution < 1.29 is 0 Å². The van der Waals surface area contributed by atoms with Gasteiger partial charge < -0.3 is 5.32 Å². The van der Waals surface area contributed by atoms with E-state index in [0.717, 1.165) is 18.3 Å². The summed E-state index contributed by atoms with van der Waals surface area (Å²) in [5.41, 5.74) is 2.81. The minimum atomic E-state index is 0.598. The van der Waals surface area contributed by atoms with E-state index < -0.39 is 0 Å². The SMILES string of the molecule is CNC(Cc1cccc(C)c1)CC(C)CC(C)C. The Morgan fingerprint density at radius 2 is 1.83 bits per heavy atom. The van der Waals surface area contributed by atoms with E-state index in [1.54, 1.807) is 0 Å². The summed E-state index contributed by atoms with van der Waals surface area (Å²) in [5.74, 6) is 1.60. The molecule has 0 aromatic heterocycles. The largest absolute Gasteiger partial charge is 0.317 e. The van der Waals surface area contributed by atoms with Crippen LogP contribution in [-0.4, -0.2) is 13.1 Å². The monoisotopic (exact) mass is 247 g/mol. The Morgan fingerprint density at radius 1 is 1.11 bits per heavy atom. The molecule has 0 fully saturated rings. The van der Waals surface area contributed by atoms with Gasteiger partial charge in [0.1, 0.15) is 0 Å². The quantitative estimate of drug-likeness (QED) is 0.761. The molecule has 1 N–H and O–H groups in total. The van der Waals surface area contributed by atoms with Crippen molar-refractivity contribution in [2.45, 2.75) is 53.0 Å².